The molecule has 0 radical (unpaired) electrons. The fourth-order valence-electron chi connectivity index (χ4n) is 2.62. The molecule has 8 nitrogen and oxygen atoms in total. The second-order valence-electron chi connectivity index (χ2n) is 5.96. The van der Waals surface area contributed by atoms with E-state index in [1.54, 1.807) is 12.1 Å². The monoisotopic (exact) mass is 421 g/mol. The average Bonchev–Trinajstić information content (AvgIpc) is 3.04. The summed E-state index contributed by atoms with van der Waals surface area (Å²) < 4.78 is 31.6. The maximum Gasteiger partial charge on any atom is 0.243 e. The number of hydrogen-bond donors (Lipinski definition) is 1. The number of aromatic nitrogens is 2. The highest BCUT2D eigenvalue weighted by Crippen LogP contribution is 2.21. The fourth-order valence-corrected chi connectivity index (χ4v) is 3.87. The first-order valence-electron chi connectivity index (χ1n) is 7.83. The van der Waals surface area contributed by atoms with Crippen LogP contribution in [0.1, 0.15) is 17.8 Å². The van der Waals surface area contributed by atoms with E-state index in [-0.39, 0.29) is 35.8 Å². The highest BCUT2D eigenvalue weighted by atomic mass is 35.5. The Hall–Kier alpha value is -1.23. The lowest BCUT2D eigenvalue weighted by Crippen LogP contribution is -2.44. The fraction of sp³-hybridized carbons (Fsp3) is 0.467. The average molecular weight is 422 g/mol. The number of nitrogens with one attached hydrogen (secondary N) is 1. The summed E-state index contributed by atoms with van der Waals surface area (Å²) in [5, 5.41) is 7.77. The molecule has 2 aromatic rings. The molecule has 3 rings (SSSR count). The lowest BCUT2D eigenvalue weighted by molar-refractivity contribution is 0.190. The number of sulfonamides is 1. The number of piperazine rings is 1. The van der Waals surface area contributed by atoms with E-state index in [9.17, 15) is 8.42 Å². The summed E-state index contributed by atoms with van der Waals surface area (Å²) in [4.78, 5) is 6.66. The van der Waals surface area contributed by atoms with Crippen LogP contribution >= 0.6 is 24.0 Å². The van der Waals surface area contributed by atoms with Crippen molar-refractivity contribution in [3.05, 3.63) is 41.0 Å². The highest BCUT2D eigenvalue weighted by molar-refractivity contribution is 7.89. The molecule has 0 spiro atoms. The standard InChI is InChI=1S/C15H20ClN5O3S.ClH/c1-20-8-7-17-9-13(20)15-18-14(24-19-15)10-21(2)25(22,23)12-5-3-11(16)4-6-12;/h3-6,13,17H,7-10H2,1-2H3;1H. The molecule has 1 aromatic carbocycles. The third-order valence-corrected chi connectivity index (χ3v) is 6.24. The van der Waals surface area contributed by atoms with Gasteiger partial charge in [0, 0.05) is 31.7 Å². The van der Waals surface area contributed by atoms with Crippen LogP contribution in [0.4, 0.5) is 0 Å². The van der Waals surface area contributed by atoms with E-state index in [4.69, 9.17) is 16.1 Å². The minimum absolute atomic E-state index is 0. The quantitative estimate of drug-likeness (QED) is 0.782. The van der Waals surface area contributed by atoms with E-state index in [0.717, 1.165) is 19.6 Å². The Balaban J connectivity index is 0.00000243. The molecule has 1 atom stereocenters. The molecule has 1 aliphatic heterocycles. The molecule has 1 unspecified atom stereocenters. The van der Waals surface area contributed by atoms with Crippen molar-refractivity contribution in [1.82, 2.24) is 24.7 Å². The first-order chi connectivity index (χ1) is 11.9. The molecule has 1 saturated heterocycles. The predicted octanol–water partition coefficient (Wildman–Crippen LogP) is 1.54. The third-order valence-electron chi connectivity index (χ3n) is 4.17. The number of benzene rings is 1. The van der Waals surface area contributed by atoms with E-state index in [1.807, 2.05) is 7.05 Å². The smallest absolute Gasteiger partial charge is 0.243 e. The van der Waals surface area contributed by atoms with Crippen molar-refractivity contribution >= 4 is 34.0 Å². The Morgan fingerprint density at radius 3 is 2.73 bits per heavy atom. The van der Waals surface area contributed by atoms with Gasteiger partial charge in [-0.15, -0.1) is 12.4 Å². The molecule has 11 heteroatoms. The molecule has 0 bridgehead atoms. The molecule has 1 fully saturated rings. The van der Waals surface area contributed by atoms with Crippen molar-refractivity contribution in [2.45, 2.75) is 17.5 Å². The van der Waals surface area contributed by atoms with Crippen molar-refractivity contribution in [1.29, 1.82) is 0 Å². The van der Waals surface area contributed by atoms with Gasteiger partial charge in [0.2, 0.25) is 15.9 Å². The van der Waals surface area contributed by atoms with Crippen LogP contribution in [-0.4, -0.2) is 61.5 Å². The summed E-state index contributed by atoms with van der Waals surface area (Å²) in [6, 6.07) is 6.04. The number of likely N-dealkylation sites (N-methyl/N-ethyl adjacent to an activating group) is 1. The van der Waals surface area contributed by atoms with Gasteiger partial charge in [0.1, 0.15) is 0 Å². The highest BCUT2D eigenvalue weighted by Gasteiger charge is 2.27. The molecular weight excluding hydrogens is 401 g/mol. The molecule has 0 saturated carbocycles. The molecule has 144 valence electrons. The van der Waals surface area contributed by atoms with Gasteiger partial charge in [0.15, 0.2) is 5.82 Å². The largest absolute Gasteiger partial charge is 0.338 e. The van der Waals surface area contributed by atoms with Gasteiger partial charge >= 0.3 is 0 Å². The molecule has 1 aromatic heterocycles. The summed E-state index contributed by atoms with van der Waals surface area (Å²) in [6.45, 7) is 2.54. The molecule has 0 aliphatic carbocycles. The van der Waals surface area contributed by atoms with E-state index < -0.39 is 10.0 Å². The summed E-state index contributed by atoms with van der Waals surface area (Å²) in [6.07, 6.45) is 0. The maximum atomic E-state index is 12.6. The number of hydrogen-bond acceptors (Lipinski definition) is 7. The molecule has 1 aliphatic rings. The van der Waals surface area contributed by atoms with E-state index in [2.05, 4.69) is 20.4 Å². The Bertz CT molecular complexity index is 828. The lowest BCUT2D eigenvalue weighted by Gasteiger charge is -2.30. The predicted molar refractivity (Wildman–Crippen MR) is 99.9 cm³/mol. The minimum Gasteiger partial charge on any atom is -0.338 e. The van der Waals surface area contributed by atoms with Gasteiger partial charge < -0.3 is 9.84 Å². The van der Waals surface area contributed by atoms with Crippen molar-refractivity contribution < 1.29 is 12.9 Å². The second kappa shape index (κ2) is 8.64. The van der Waals surface area contributed by atoms with Crippen molar-refractivity contribution in [3.8, 4) is 0 Å². The van der Waals surface area contributed by atoms with E-state index in [1.165, 1.54) is 23.5 Å². The Labute approximate surface area is 164 Å². The Morgan fingerprint density at radius 2 is 2.08 bits per heavy atom. The first-order valence-corrected chi connectivity index (χ1v) is 9.65. The van der Waals surface area contributed by atoms with Crippen LogP contribution in [0.15, 0.2) is 33.7 Å². The molecule has 0 amide bonds. The zero-order valence-electron chi connectivity index (χ0n) is 14.4. The topological polar surface area (TPSA) is 91.6 Å². The number of halogens is 2. The number of rotatable bonds is 5. The summed E-state index contributed by atoms with van der Waals surface area (Å²) in [5.41, 5.74) is 0. The van der Waals surface area contributed by atoms with Gasteiger partial charge in [-0.2, -0.15) is 9.29 Å². The van der Waals surface area contributed by atoms with Crippen LogP contribution in [0.2, 0.25) is 5.02 Å². The molecular formula is C15H21Cl2N5O3S. The molecule has 1 N–H and O–H groups in total. The van der Waals surface area contributed by atoms with Gasteiger partial charge in [-0.25, -0.2) is 8.42 Å². The van der Waals surface area contributed by atoms with Crippen molar-refractivity contribution in [2.75, 3.05) is 33.7 Å². The van der Waals surface area contributed by atoms with Crippen molar-refractivity contribution in [3.63, 3.8) is 0 Å². The lowest BCUT2D eigenvalue weighted by atomic mass is 10.2. The van der Waals surface area contributed by atoms with Crippen LogP contribution < -0.4 is 5.32 Å². The first kappa shape index (κ1) is 21.1. The zero-order chi connectivity index (χ0) is 18.0. The number of nitrogens with zero attached hydrogens (tertiary/aromatic N) is 4. The second-order valence-corrected chi connectivity index (χ2v) is 8.44. The minimum atomic E-state index is -3.66. The maximum absolute atomic E-state index is 12.6. The van der Waals surface area contributed by atoms with E-state index in [0.29, 0.717) is 10.8 Å². The summed E-state index contributed by atoms with van der Waals surface area (Å²) >= 11 is 5.81. The third kappa shape index (κ3) is 4.54. The summed E-state index contributed by atoms with van der Waals surface area (Å²) in [5.74, 6) is 0.816. The van der Waals surface area contributed by atoms with Gasteiger partial charge in [0.25, 0.3) is 0 Å². The zero-order valence-corrected chi connectivity index (χ0v) is 16.8. The molecule has 26 heavy (non-hydrogen) atoms. The van der Waals surface area contributed by atoms with Crippen LogP contribution in [0.3, 0.4) is 0 Å². The SMILES string of the molecule is CN1CCNCC1c1noc(CN(C)S(=O)(=O)c2ccc(Cl)cc2)n1.Cl. The van der Waals surface area contributed by atoms with Gasteiger partial charge in [-0.3, -0.25) is 4.90 Å². The Kier molecular flexibility index (Phi) is 7.00. The van der Waals surface area contributed by atoms with E-state index >= 15 is 0 Å². The van der Waals surface area contributed by atoms with Crippen LogP contribution in [0.25, 0.3) is 0 Å². The van der Waals surface area contributed by atoms with Gasteiger partial charge in [-0.1, -0.05) is 16.8 Å². The van der Waals surface area contributed by atoms with Gasteiger partial charge in [0.05, 0.1) is 17.5 Å². The summed E-state index contributed by atoms with van der Waals surface area (Å²) in [7, 11) is -0.183. The van der Waals surface area contributed by atoms with Crippen LogP contribution in [0, 0.1) is 0 Å². The molecule has 2 heterocycles. The normalized spacial score (nSPS) is 18.7. The van der Waals surface area contributed by atoms with Crippen LogP contribution in [0.5, 0.6) is 0 Å². The van der Waals surface area contributed by atoms with Crippen molar-refractivity contribution in [2.24, 2.45) is 0 Å². The van der Waals surface area contributed by atoms with Gasteiger partial charge in [-0.05, 0) is 31.3 Å². The Morgan fingerprint density at radius 1 is 1.38 bits per heavy atom. The van der Waals surface area contributed by atoms with Crippen LogP contribution in [-0.2, 0) is 16.6 Å².